The lowest BCUT2D eigenvalue weighted by molar-refractivity contribution is 0.139. The first-order valence-electron chi connectivity index (χ1n) is 13.8. The van der Waals surface area contributed by atoms with E-state index in [1.54, 1.807) is 35.9 Å². The molecule has 0 aliphatic carbocycles. The number of nitrogen functional groups attached to an aromatic ring is 1. The number of nitrogens with two attached hydrogens (primary N) is 1. The third-order valence-electron chi connectivity index (χ3n) is 7.97. The van der Waals surface area contributed by atoms with Crippen LogP contribution in [0.15, 0.2) is 45.8 Å². The fourth-order valence-electron chi connectivity index (χ4n) is 5.69. The fraction of sp³-hybridized carbons (Fsp3) is 0.407. The molecule has 4 aromatic heterocycles. The van der Waals surface area contributed by atoms with Gasteiger partial charge in [0, 0.05) is 65.5 Å². The van der Waals surface area contributed by atoms with E-state index in [0.717, 1.165) is 0 Å². The first-order chi connectivity index (χ1) is 20.4. The largest absolute Gasteiger partial charge is 0.486 e. The number of piperazine rings is 1. The first kappa shape index (κ1) is 26.4. The number of imidazole rings is 1. The van der Waals surface area contributed by atoms with Crippen molar-refractivity contribution in [3.8, 4) is 17.3 Å². The second-order valence-corrected chi connectivity index (χ2v) is 10.6. The second-order valence-electron chi connectivity index (χ2n) is 10.6. The van der Waals surface area contributed by atoms with Gasteiger partial charge in [0.2, 0.25) is 11.8 Å². The molecule has 0 spiro atoms. The molecule has 3 N–H and O–H groups in total. The number of halogens is 2. The summed E-state index contributed by atoms with van der Waals surface area (Å²) < 4.78 is 44.4. The lowest BCUT2D eigenvalue weighted by atomic mass is 10.2. The number of rotatable bonds is 7. The zero-order chi connectivity index (χ0) is 29.0. The van der Waals surface area contributed by atoms with Gasteiger partial charge in [-0.15, -0.1) is 5.10 Å². The first-order valence-corrected chi connectivity index (χ1v) is 13.8. The Balaban J connectivity index is 1.04. The molecule has 0 radical (unpaired) electrons. The number of aryl methyl sites for hydroxylation is 1. The van der Waals surface area contributed by atoms with Gasteiger partial charge in [0.1, 0.15) is 23.2 Å². The number of fused-ring (bicyclic) bond motifs is 3. The molecule has 2 saturated heterocycles. The van der Waals surface area contributed by atoms with Gasteiger partial charge in [0.15, 0.2) is 23.2 Å². The number of anilines is 2. The van der Waals surface area contributed by atoms with Crippen molar-refractivity contribution in [2.45, 2.75) is 18.8 Å². The minimum atomic E-state index is -1.11. The maximum absolute atomic E-state index is 15.0. The Labute approximate surface area is 238 Å². The predicted molar refractivity (Wildman–Crippen MR) is 151 cm³/mol. The number of aromatic nitrogens is 6. The Morgan fingerprint density at radius 1 is 1.12 bits per heavy atom. The Morgan fingerprint density at radius 2 is 1.95 bits per heavy atom. The Kier molecular flexibility index (Phi) is 6.54. The van der Waals surface area contributed by atoms with Gasteiger partial charge in [-0.2, -0.15) is 9.50 Å². The molecule has 0 amide bonds. The van der Waals surface area contributed by atoms with Gasteiger partial charge in [-0.25, -0.2) is 18.6 Å². The van der Waals surface area contributed by atoms with E-state index in [-0.39, 0.29) is 18.2 Å². The van der Waals surface area contributed by atoms with E-state index in [1.807, 2.05) is 4.90 Å². The highest BCUT2D eigenvalue weighted by Gasteiger charge is 2.29. The van der Waals surface area contributed by atoms with Gasteiger partial charge in [-0.05, 0) is 24.3 Å². The molecule has 2 fully saturated rings. The fourth-order valence-corrected chi connectivity index (χ4v) is 5.69. The molecule has 2 aliphatic heterocycles. The summed E-state index contributed by atoms with van der Waals surface area (Å²) in [5.41, 5.74) is 7.84. The predicted octanol–water partition coefficient (Wildman–Crippen LogP) is 1.27. The van der Waals surface area contributed by atoms with E-state index in [4.69, 9.17) is 14.9 Å². The molecule has 13 nitrogen and oxygen atoms in total. The summed E-state index contributed by atoms with van der Waals surface area (Å²) in [6.45, 7) is 4.23. The monoisotopic (exact) mass is 580 g/mol. The minimum Gasteiger partial charge on any atom is -0.486 e. The van der Waals surface area contributed by atoms with Crippen LogP contribution in [-0.4, -0.2) is 91.7 Å². The van der Waals surface area contributed by atoms with Crippen LogP contribution in [0.3, 0.4) is 0 Å². The Hall–Kier alpha value is -4.50. The van der Waals surface area contributed by atoms with E-state index in [9.17, 15) is 13.6 Å². The van der Waals surface area contributed by atoms with Gasteiger partial charge >= 0.3 is 5.69 Å². The van der Waals surface area contributed by atoms with Crippen molar-refractivity contribution in [3.05, 3.63) is 52.9 Å². The van der Waals surface area contributed by atoms with Crippen molar-refractivity contribution >= 4 is 28.4 Å². The maximum Gasteiger partial charge on any atom is 0.330 e. The molecule has 220 valence electrons. The Bertz CT molecular complexity index is 1810. The molecule has 42 heavy (non-hydrogen) atoms. The van der Waals surface area contributed by atoms with Gasteiger partial charge < -0.3 is 25.1 Å². The van der Waals surface area contributed by atoms with Crippen LogP contribution < -0.4 is 26.4 Å². The quantitative estimate of drug-likeness (QED) is 0.290. The van der Waals surface area contributed by atoms with Crippen LogP contribution in [-0.2, 0) is 13.6 Å². The number of hydrogen-bond donors (Lipinski definition) is 2. The minimum absolute atomic E-state index is 0.110. The molecular weight excluding hydrogens is 550 g/mol. The van der Waals surface area contributed by atoms with Crippen LogP contribution in [0, 0.1) is 5.82 Å². The zero-order valence-electron chi connectivity index (χ0n) is 22.9. The number of alkyl halides is 1. The van der Waals surface area contributed by atoms with Crippen molar-refractivity contribution in [2.75, 3.05) is 56.4 Å². The Morgan fingerprint density at radius 3 is 2.67 bits per heavy atom. The number of nitrogens with zero attached hydrogens (tertiary/aromatic N) is 8. The summed E-state index contributed by atoms with van der Waals surface area (Å²) in [6.07, 6.45) is -0.187. The van der Waals surface area contributed by atoms with Crippen molar-refractivity contribution in [2.24, 2.45) is 7.05 Å². The number of benzene rings is 1. The molecule has 0 saturated carbocycles. The molecule has 5 aromatic rings. The molecule has 1 aromatic carbocycles. The van der Waals surface area contributed by atoms with Gasteiger partial charge in [-0.1, -0.05) is 0 Å². The van der Waals surface area contributed by atoms with E-state index >= 15 is 0 Å². The van der Waals surface area contributed by atoms with E-state index in [2.05, 4.69) is 25.3 Å². The summed E-state index contributed by atoms with van der Waals surface area (Å²) in [4.78, 5) is 26.5. The lowest BCUT2D eigenvalue weighted by Gasteiger charge is -2.36. The highest BCUT2D eigenvalue weighted by atomic mass is 19.1. The molecule has 2 aliphatic rings. The average Bonchev–Trinajstić information content (AvgIpc) is 3.78. The van der Waals surface area contributed by atoms with E-state index < -0.39 is 18.1 Å². The van der Waals surface area contributed by atoms with E-state index in [0.29, 0.717) is 85.6 Å². The van der Waals surface area contributed by atoms with Gasteiger partial charge in [0.25, 0.3) is 0 Å². The third kappa shape index (κ3) is 4.54. The third-order valence-corrected chi connectivity index (χ3v) is 7.97. The molecular formula is C27H30F2N10O3. The van der Waals surface area contributed by atoms with Crippen LogP contribution in [0.2, 0.25) is 0 Å². The number of ether oxygens (including phenoxy) is 1. The van der Waals surface area contributed by atoms with Crippen LogP contribution in [0.4, 0.5) is 20.4 Å². The summed E-state index contributed by atoms with van der Waals surface area (Å²) in [5, 5.41) is 7.34. The zero-order valence-corrected chi connectivity index (χ0v) is 22.9. The molecule has 15 heteroatoms. The maximum atomic E-state index is 15.0. The highest BCUT2D eigenvalue weighted by Crippen LogP contribution is 2.27. The van der Waals surface area contributed by atoms with Crippen molar-refractivity contribution in [1.82, 2.24) is 38.9 Å². The standard InChI is InChI=1S/C27H30F2N10O3/c1-35-22-24(33-26(30)39-25(22)32-23(34-39)20-3-2-12-41-20)38(27(35)40)11-8-36-6-9-37(10-7-36)19-5-4-16(13-17(19)28)42-21-15-31-14-18(21)29/h2-5,12-13,18,21,31H,6-11,14-15H2,1H3,(H2,30,33)/t18-,21-/m1/s1. The number of hydrogen-bond acceptors (Lipinski definition) is 10. The summed E-state index contributed by atoms with van der Waals surface area (Å²) in [7, 11) is 1.67. The average molecular weight is 581 g/mol. The van der Waals surface area contributed by atoms with Gasteiger partial charge in [0.05, 0.1) is 12.0 Å². The highest BCUT2D eigenvalue weighted by molar-refractivity contribution is 5.88. The smallest absolute Gasteiger partial charge is 0.330 e. The van der Waals surface area contributed by atoms with Crippen LogP contribution in [0.25, 0.3) is 28.4 Å². The molecule has 0 unspecified atom stereocenters. The normalized spacial score (nSPS) is 19.8. The topological polar surface area (TPSA) is 137 Å². The molecule has 2 atom stereocenters. The van der Waals surface area contributed by atoms with Crippen LogP contribution in [0.1, 0.15) is 0 Å². The number of nitrogens with one attached hydrogen (secondary N) is 1. The van der Waals surface area contributed by atoms with E-state index in [1.165, 1.54) is 21.4 Å². The summed E-state index contributed by atoms with van der Waals surface area (Å²) >= 11 is 0. The van der Waals surface area contributed by atoms with Crippen LogP contribution in [0.5, 0.6) is 5.75 Å². The number of furan rings is 1. The molecule has 7 rings (SSSR count). The van der Waals surface area contributed by atoms with Crippen molar-refractivity contribution in [3.63, 3.8) is 0 Å². The van der Waals surface area contributed by atoms with Crippen LogP contribution >= 0.6 is 0 Å². The van der Waals surface area contributed by atoms with Crippen molar-refractivity contribution in [1.29, 1.82) is 0 Å². The summed E-state index contributed by atoms with van der Waals surface area (Å²) in [5.74, 6) is 0.858. The molecule has 6 heterocycles. The molecule has 0 bridgehead atoms. The SMILES string of the molecule is Cn1c(=O)n(CCN2CCN(c3ccc(O[C@@H]4CNC[C@H]4F)cc3F)CC2)c2nc(N)n3nc(-c4ccco4)nc3c21. The summed E-state index contributed by atoms with van der Waals surface area (Å²) in [6, 6.07) is 8.18. The van der Waals surface area contributed by atoms with Gasteiger partial charge in [-0.3, -0.25) is 14.0 Å². The second kappa shape index (κ2) is 10.4. The van der Waals surface area contributed by atoms with Crippen molar-refractivity contribution < 1.29 is 17.9 Å². The lowest BCUT2D eigenvalue weighted by Crippen LogP contribution is -2.47.